The Kier molecular flexibility index (Phi) is 6.15. The average molecular weight is 433 g/mol. The number of aliphatic hydroxyl groups is 1. The van der Waals surface area contributed by atoms with E-state index in [1.54, 1.807) is 6.07 Å². The highest BCUT2D eigenvalue weighted by Crippen LogP contribution is 2.34. The minimum atomic E-state index is -0.489. The highest BCUT2D eigenvalue weighted by molar-refractivity contribution is 9.10. The van der Waals surface area contributed by atoms with E-state index in [0.29, 0.717) is 29.6 Å². The van der Waals surface area contributed by atoms with Crippen LogP contribution in [0.25, 0.3) is 10.9 Å². The summed E-state index contributed by atoms with van der Waals surface area (Å²) in [6, 6.07) is 10.5. The number of ether oxygens (including phenoxy) is 1. The van der Waals surface area contributed by atoms with Crippen LogP contribution < -0.4 is 10.1 Å². The van der Waals surface area contributed by atoms with Gasteiger partial charge in [-0.05, 0) is 31.0 Å². The number of rotatable bonds is 8. The molecule has 0 fully saturated rings. The predicted octanol–water partition coefficient (Wildman–Crippen LogP) is 4.20. The number of nitrogens with one attached hydrogen (secondary N) is 1. The Morgan fingerprint density at radius 2 is 2.07 bits per heavy atom. The molecule has 1 heterocycles. The zero-order valence-electron chi connectivity index (χ0n) is 14.3. The van der Waals surface area contributed by atoms with Crippen molar-refractivity contribution in [2.75, 3.05) is 18.5 Å². The molecular weight excluding hydrogens is 416 g/mol. The second-order valence-electron chi connectivity index (χ2n) is 5.73. The van der Waals surface area contributed by atoms with E-state index in [1.807, 2.05) is 24.3 Å². The van der Waals surface area contributed by atoms with Gasteiger partial charge in [-0.15, -0.1) is 0 Å². The van der Waals surface area contributed by atoms with Gasteiger partial charge < -0.3 is 15.2 Å². The summed E-state index contributed by atoms with van der Waals surface area (Å²) >= 11 is 3.41. The van der Waals surface area contributed by atoms with Gasteiger partial charge in [0.05, 0.1) is 22.4 Å². The van der Waals surface area contributed by atoms with Gasteiger partial charge in [-0.1, -0.05) is 22.0 Å². The molecule has 0 saturated carbocycles. The molecular formula is C18H17BrN4O4. The zero-order valence-corrected chi connectivity index (χ0v) is 15.8. The minimum absolute atomic E-state index is 0.0566. The number of aromatic nitrogens is 2. The number of aliphatic hydroxyl groups excluding tert-OH is 1. The molecule has 2 N–H and O–H groups in total. The molecule has 0 spiro atoms. The molecule has 0 radical (unpaired) electrons. The number of halogens is 1. The number of nitro groups is 1. The number of anilines is 2. The monoisotopic (exact) mass is 432 g/mol. The molecule has 0 aliphatic carbocycles. The summed E-state index contributed by atoms with van der Waals surface area (Å²) in [7, 11) is 0. The molecule has 0 aliphatic heterocycles. The van der Waals surface area contributed by atoms with Crippen LogP contribution in [0.2, 0.25) is 0 Å². The topological polar surface area (TPSA) is 110 Å². The fourth-order valence-electron chi connectivity index (χ4n) is 2.53. The van der Waals surface area contributed by atoms with Crippen LogP contribution in [0.4, 0.5) is 17.2 Å². The van der Waals surface area contributed by atoms with Gasteiger partial charge in [-0.3, -0.25) is 10.1 Å². The highest BCUT2D eigenvalue weighted by atomic mass is 79.9. The third kappa shape index (κ3) is 4.69. The SMILES string of the molecule is O=[N+]([O-])c1cc2c(Nc3cccc(Br)c3)ncnc2cc1OCCCCO. The van der Waals surface area contributed by atoms with Crippen LogP contribution in [0.15, 0.2) is 47.2 Å². The molecule has 0 aliphatic rings. The van der Waals surface area contributed by atoms with E-state index >= 15 is 0 Å². The largest absolute Gasteiger partial charge is 0.487 e. The first-order chi connectivity index (χ1) is 13.1. The lowest BCUT2D eigenvalue weighted by atomic mass is 10.2. The summed E-state index contributed by atoms with van der Waals surface area (Å²) in [4.78, 5) is 19.4. The molecule has 0 atom stereocenters. The van der Waals surface area contributed by atoms with Crippen molar-refractivity contribution in [3.63, 3.8) is 0 Å². The Morgan fingerprint density at radius 3 is 2.81 bits per heavy atom. The van der Waals surface area contributed by atoms with Crippen LogP contribution in [0.1, 0.15) is 12.8 Å². The number of nitrogens with zero attached hydrogens (tertiary/aromatic N) is 3. The van der Waals surface area contributed by atoms with Gasteiger partial charge >= 0.3 is 5.69 Å². The zero-order chi connectivity index (χ0) is 19.2. The smallest absolute Gasteiger partial charge is 0.311 e. The van der Waals surface area contributed by atoms with E-state index in [-0.39, 0.29) is 24.7 Å². The molecule has 0 unspecified atom stereocenters. The first-order valence-electron chi connectivity index (χ1n) is 8.28. The molecule has 0 saturated heterocycles. The van der Waals surface area contributed by atoms with Gasteiger partial charge in [-0.25, -0.2) is 9.97 Å². The summed E-state index contributed by atoms with van der Waals surface area (Å²) in [5, 5.41) is 24.0. The molecule has 27 heavy (non-hydrogen) atoms. The maximum absolute atomic E-state index is 11.5. The number of hydrogen-bond acceptors (Lipinski definition) is 7. The fourth-order valence-corrected chi connectivity index (χ4v) is 2.93. The molecule has 140 valence electrons. The Morgan fingerprint density at radius 1 is 1.22 bits per heavy atom. The van der Waals surface area contributed by atoms with E-state index in [4.69, 9.17) is 9.84 Å². The lowest BCUT2D eigenvalue weighted by Gasteiger charge is -2.11. The third-order valence-electron chi connectivity index (χ3n) is 3.81. The second-order valence-corrected chi connectivity index (χ2v) is 6.65. The number of nitro benzene ring substituents is 1. The summed E-state index contributed by atoms with van der Waals surface area (Å²) in [6.07, 6.45) is 2.57. The molecule has 0 bridgehead atoms. The van der Waals surface area contributed by atoms with Crippen molar-refractivity contribution in [2.45, 2.75) is 12.8 Å². The van der Waals surface area contributed by atoms with Gasteiger partial charge in [0.2, 0.25) is 0 Å². The van der Waals surface area contributed by atoms with Crippen LogP contribution in [-0.4, -0.2) is 33.2 Å². The van der Waals surface area contributed by atoms with Gasteiger partial charge in [0.15, 0.2) is 5.75 Å². The average Bonchev–Trinajstić information content (AvgIpc) is 2.65. The Labute approximate surface area is 163 Å². The van der Waals surface area contributed by atoms with Gasteiger partial charge in [-0.2, -0.15) is 0 Å². The van der Waals surface area contributed by atoms with Gasteiger partial charge in [0.25, 0.3) is 0 Å². The van der Waals surface area contributed by atoms with E-state index in [2.05, 4.69) is 31.2 Å². The van der Waals surface area contributed by atoms with Crippen LogP contribution >= 0.6 is 15.9 Å². The van der Waals surface area contributed by atoms with E-state index in [9.17, 15) is 10.1 Å². The molecule has 2 aromatic carbocycles. The van der Waals surface area contributed by atoms with E-state index < -0.39 is 4.92 Å². The summed E-state index contributed by atoms with van der Waals surface area (Å²) in [5.41, 5.74) is 1.17. The van der Waals surface area contributed by atoms with Crippen LogP contribution in [0, 0.1) is 10.1 Å². The van der Waals surface area contributed by atoms with Crippen molar-refractivity contribution in [3.8, 4) is 5.75 Å². The fraction of sp³-hybridized carbons (Fsp3) is 0.222. The van der Waals surface area contributed by atoms with Crippen molar-refractivity contribution in [1.29, 1.82) is 0 Å². The number of fused-ring (bicyclic) bond motifs is 1. The van der Waals surface area contributed by atoms with Gasteiger partial charge in [0.1, 0.15) is 12.1 Å². The van der Waals surface area contributed by atoms with Crippen LogP contribution in [0.3, 0.4) is 0 Å². The Balaban J connectivity index is 1.97. The Bertz CT molecular complexity index is 967. The quantitative estimate of drug-likeness (QED) is 0.311. The third-order valence-corrected chi connectivity index (χ3v) is 4.30. The first-order valence-corrected chi connectivity index (χ1v) is 9.07. The predicted molar refractivity (Wildman–Crippen MR) is 105 cm³/mol. The molecule has 3 aromatic rings. The number of unbranched alkanes of at least 4 members (excludes halogenated alkanes) is 1. The molecule has 8 nitrogen and oxygen atoms in total. The first kappa shape index (κ1) is 19.0. The van der Waals surface area contributed by atoms with Gasteiger partial charge in [0, 0.05) is 28.9 Å². The maximum Gasteiger partial charge on any atom is 0.311 e. The van der Waals surface area contributed by atoms with Crippen molar-refractivity contribution in [2.24, 2.45) is 0 Å². The summed E-state index contributed by atoms with van der Waals surface area (Å²) < 4.78 is 6.44. The highest BCUT2D eigenvalue weighted by Gasteiger charge is 2.19. The van der Waals surface area contributed by atoms with E-state index in [1.165, 1.54) is 12.4 Å². The molecule has 0 amide bonds. The van der Waals surface area contributed by atoms with Crippen LogP contribution in [0.5, 0.6) is 5.75 Å². The summed E-state index contributed by atoms with van der Waals surface area (Å²) in [6.45, 7) is 0.335. The minimum Gasteiger partial charge on any atom is -0.487 e. The lowest BCUT2D eigenvalue weighted by molar-refractivity contribution is -0.385. The normalized spacial score (nSPS) is 10.7. The van der Waals surface area contributed by atoms with Crippen molar-refractivity contribution >= 4 is 44.0 Å². The van der Waals surface area contributed by atoms with Crippen molar-refractivity contribution < 1.29 is 14.8 Å². The van der Waals surface area contributed by atoms with Crippen LogP contribution in [-0.2, 0) is 0 Å². The summed E-state index contributed by atoms with van der Waals surface area (Å²) in [5.74, 6) is 0.616. The second kappa shape index (κ2) is 8.74. The standard InChI is InChI=1S/C18H17BrN4O4/c19-12-4-3-5-13(8-12)22-18-14-9-16(23(25)26)17(27-7-2-1-6-24)10-15(14)20-11-21-18/h3-5,8-11,24H,1-2,6-7H2,(H,20,21,22). The number of hydrogen-bond donors (Lipinski definition) is 2. The lowest BCUT2D eigenvalue weighted by Crippen LogP contribution is -2.03. The van der Waals surface area contributed by atoms with E-state index in [0.717, 1.165) is 10.2 Å². The molecule has 9 heteroatoms. The Hall–Kier alpha value is -2.78. The number of benzene rings is 2. The van der Waals surface area contributed by atoms with Crippen molar-refractivity contribution in [3.05, 3.63) is 57.3 Å². The maximum atomic E-state index is 11.5. The molecule has 1 aromatic heterocycles. The van der Waals surface area contributed by atoms with Crippen molar-refractivity contribution in [1.82, 2.24) is 9.97 Å². The molecule has 3 rings (SSSR count).